The lowest BCUT2D eigenvalue weighted by molar-refractivity contribution is 0.0696. The van der Waals surface area contributed by atoms with Crippen LogP contribution in [0.1, 0.15) is 29.8 Å². The smallest absolute Gasteiger partial charge is 0.335 e. The van der Waals surface area contributed by atoms with Crippen LogP contribution in [0.25, 0.3) is 0 Å². The van der Waals surface area contributed by atoms with Gasteiger partial charge in [0.2, 0.25) is 10.0 Å². The minimum absolute atomic E-state index is 0.0302. The molecule has 0 aliphatic carbocycles. The molecule has 112 valence electrons. The number of carbonyl (C=O) groups is 1. The lowest BCUT2D eigenvalue weighted by Gasteiger charge is -2.25. The maximum Gasteiger partial charge on any atom is 0.335 e. The number of ether oxygens (including phenoxy) is 1. The summed E-state index contributed by atoms with van der Waals surface area (Å²) >= 11 is 0. The highest BCUT2D eigenvalue weighted by molar-refractivity contribution is 7.89. The van der Waals surface area contributed by atoms with Crippen molar-refractivity contribution in [3.63, 3.8) is 0 Å². The van der Waals surface area contributed by atoms with Crippen LogP contribution in [-0.4, -0.2) is 38.7 Å². The van der Waals surface area contributed by atoms with Crippen molar-refractivity contribution >= 4 is 16.0 Å². The summed E-state index contributed by atoms with van der Waals surface area (Å²) in [6, 6.07) is 4.16. The third-order valence-electron chi connectivity index (χ3n) is 2.72. The van der Waals surface area contributed by atoms with E-state index in [0.717, 1.165) is 0 Å². The fraction of sp³-hybridized carbons (Fsp3) is 0.462. The first kappa shape index (κ1) is 16.6. The van der Waals surface area contributed by atoms with E-state index in [9.17, 15) is 13.2 Å². The number of nitrogens with one attached hydrogen (secondary N) is 1. The molecule has 20 heavy (non-hydrogen) atoms. The highest BCUT2D eigenvalue weighted by atomic mass is 32.2. The van der Waals surface area contributed by atoms with E-state index in [1.807, 2.05) is 0 Å². The Morgan fingerprint density at radius 2 is 2.00 bits per heavy atom. The Balaban J connectivity index is 3.24. The number of sulfonamides is 1. The maximum absolute atomic E-state index is 12.4. The van der Waals surface area contributed by atoms with Crippen LogP contribution < -0.4 is 4.72 Å². The van der Waals surface area contributed by atoms with Gasteiger partial charge in [0, 0.05) is 7.11 Å². The second-order valence-corrected chi connectivity index (χ2v) is 6.81. The first-order valence-corrected chi connectivity index (χ1v) is 7.45. The van der Waals surface area contributed by atoms with E-state index < -0.39 is 21.5 Å². The zero-order valence-corrected chi connectivity index (χ0v) is 12.7. The number of carboxylic acids is 1. The van der Waals surface area contributed by atoms with Crippen LogP contribution in [0.4, 0.5) is 0 Å². The van der Waals surface area contributed by atoms with Gasteiger partial charge < -0.3 is 9.84 Å². The molecule has 0 heterocycles. The van der Waals surface area contributed by atoms with Crippen molar-refractivity contribution in [1.82, 2.24) is 4.72 Å². The summed E-state index contributed by atoms with van der Waals surface area (Å²) in [7, 11) is -2.34. The topological polar surface area (TPSA) is 92.7 Å². The average molecular weight is 301 g/mol. The first-order valence-electron chi connectivity index (χ1n) is 5.96. The molecule has 0 aromatic heterocycles. The lowest BCUT2D eigenvalue weighted by Crippen LogP contribution is -2.46. The second-order valence-electron chi connectivity index (χ2n) is 5.16. The third-order valence-corrected chi connectivity index (χ3v) is 4.56. The molecule has 6 nitrogen and oxygen atoms in total. The molecular formula is C13H19NO5S. The van der Waals surface area contributed by atoms with Crippen molar-refractivity contribution in [3.05, 3.63) is 29.3 Å². The summed E-state index contributed by atoms with van der Waals surface area (Å²) in [6.07, 6.45) is 0. The summed E-state index contributed by atoms with van der Waals surface area (Å²) in [6.45, 7) is 5.04. The fourth-order valence-corrected chi connectivity index (χ4v) is 3.61. The molecule has 7 heteroatoms. The van der Waals surface area contributed by atoms with Crippen molar-refractivity contribution in [1.29, 1.82) is 0 Å². The molecule has 0 amide bonds. The zero-order chi connectivity index (χ0) is 15.6. The van der Waals surface area contributed by atoms with Crippen LogP contribution in [-0.2, 0) is 14.8 Å². The van der Waals surface area contributed by atoms with Crippen molar-refractivity contribution < 1.29 is 23.1 Å². The summed E-state index contributed by atoms with van der Waals surface area (Å²) < 4.78 is 32.2. The third kappa shape index (κ3) is 3.78. The summed E-state index contributed by atoms with van der Waals surface area (Å²) in [5.74, 6) is -1.16. The van der Waals surface area contributed by atoms with Gasteiger partial charge in [0.1, 0.15) is 0 Å². The predicted octanol–water partition coefficient (Wildman–Crippen LogP) is 1.40. The number of hydrogen-bond acceptors (Lipinski definition) is 4. The molecule has 1 aromatic rings. The fourth-order valence-electron chi connectivity index (χ4n) is 1.95. The predicted molar refractivity (Wildman–Crippen MR) is 74.4 cm³/mol. The van der Waals surface area contributed by atoms with E-state index in [0.29, 0.717) is 0 Å². The van der Waals surface area contributed by atoms with Gasteiger partial charge in [-0.3, -0.25) is 0 Å². The van der Waals surface area contributed by atoms with Crippen molar-refractivity contribution in [3.8, 4) is 0 Å². The molecule has 0 aliphatic rings. The molecule has 0 unspecified atom stereocenters. The van der Waals surface area contributed by atoms with Gasteiger partial charge in [0.05, 0.1) is 22.6 Å². The number of methoxy groups -OCH3 is 1. The second kappa shape index (κ2) is 5.90. The van der Waals surface area contributed by atoms with Gasteiger partial charge in [-0.05, 0) is 38.5 Å². The molecule has 0 radical (unpaired) electrons. The Kier molecular flexibility index (Phi) is 4.90. The van der Waals surface area contributed by atoms with Crippen LogP contribution in [0.5, 0.6) is 0 Å². The van der Waals surface area contributed by atoms with E-state index >= 15 is 0 Å². The molecule has 1 rings (SSSR count). The summed E-state index contributed by atoms with van der Waals surface area (Å²) in [5.41, 5.74) is -0.614. The molecule has 1 aromatic carbocycles. The zero-order valence-electron chi connectivity index (χ0n) is 11.9. The Labute approximate surface area is 118 Å². The quantitative estimate of drug-likeness (QED) is 0.828. The standard InChI is InChI=1S/C13H19NO5S/c1-9-10(12(15)16)6-5-7-11(9)20(17,18)14-13(2,3)8-19-4/h5-7,14H,8H2,1-4H3,(H,15,16). The van der Waals surface area contributed by atoms with E-state index in [4.69, 9.17) is 9.84 Å². The molecular weight excluding hydrogens is 282 g/mol. The Hall–Kier alpha value is -1.44. The maximum atomic E-state index is 12.4. The highest BCUT2D eigenvalue weighted by Crippen LogP contribution is 2.20. The first-order chi connectivity index (χ1) is 9.10. The van der Waals surface area contributed by atoms with E-state index in [2.05, 4.69) is 4.72 Å². The highest BCUT2D eigenvalue weighted by Gasteiger charge is 2.28. The van der Waals surface area contributed by atoms with Crippen molar-refractivity contribution in [2.45, 2.75) is 31.2 Å². The van der Waals surface area contributed by atoms with E-state index in [-0.39, 0.29) is 22.6 Å². The van der Waals surface area contributed by atoms with Crippen LogP contribution in [0.2, 0.25) is 0 Å². The number of benzene rings is 1. The number of hydrogen-bond donors (Lipinski definition) is 2. The Bertz CT molecular complexity index is 607. The minimum atomic E-state index is -3.82. The van der Waals surface area contributed by atoms with Crippen LogP contribution in [0, 0.1) is 6.92 Å². The van der Waals surface area contributed by atoms with Crippen molar-refractivity contribution in [2.24, 2.45) is 0 Å². The Morgan fingerprint density at radius 3 is 2.50 bits per heavy atom. The van der Waals surface area contributed by atoms with Crippen LogP contribution in [0.3, 0.4) is 0 Å². The summed E-state index contributed by atoms with van der Waals surface area (Å²) in [4.78, 5) is 11.0. The SMILES string of the molecule is COCC(C)(C)NS(=O)(=O)c1cccc(C(=O)O)c1C. The molecule has 0 spiro atoms. The molecule has 0 atom stereocenters. The molecule has 0 aliphatic heterocycles. The molecule has 0 bridgehead atoms. The number of aromatic carboxylic acids is 1. The van der Waals surface area contributed by atoms with E-state index in [1.165, 1.54) is 32.2 Å². The Morgan fingerprint density at radius 1 is 1.40 bits per heavy atom. The largest absolute Gasteiger partial charge is 0.478 e. The number of rotatable bonds is 6. The molecule has 0 fully saturated rings. The molecule has 0 saturated heterocycles. The summed E-state index contributed by atoms with van der Waals surface area (Å²) in [5, 5.41) is 9.04. The lowest BCUT2D eigenvalue weighted by atomic mass is 10.1. The minimum Gasteiger partial charge on any atom is -0.478 e. The average Bonchev–Trinajstić information content (AvgIpc) is 2.26. The van der Waals surface area contributed by atoms with Crippen molar-refractivity contribution in [2.75, 3.05) is 13.7 Å². The molecule has 0 saturated carbocycles. The van der Waals surface area contributed by atoms with Gasteiger partial charge in [-0.15, -0.1) is 0 Å². The normalized spacial score (nSPS) is 12.4. The van der Waals surface area contributed by atoms with Gasteiger partial charge in [-0.2, -0.15) is 0 Å². The molecule has 2 N–H and O–H groups in total. The van der Waals surface area contributed by atoms with Crippen LogP contribution >= 0.6 is 0 Å². The van der Waals surface area contributed by atoms with Gasteiger partial charge in [0.25, 0.3) is 0 Å². The van der Waals surface area contributed by atoms with Gasteiger partial charge in [0.15, 0.2) is 0 Å². The van der Waals surface area contributed by atoms with Crippen LogP contribution in [0.15, 0.2) is 23.1 Å². The van der Waals surface area contributed by atoms with E-state index in [1.54, 1.807) is 13.8 Å². The van der Waals surface area contributed by atoms with Gasteiger partial charge in [-0.25, -0.2) is 17.9 Å². The monoisotopic (exact) mass is 301 g/mol. The van der Waals surface area contributed by atoms with Gasteiger partial charge in [-0.1, -0.05) is 6.07 Å². The number of carboxylic acid groups (broad SMARTS) is 1. The van der Waals surface area contributed by atoms with Gasteiger partial charge >= 0.3 is 5.97 Å².